The number of fused-ring (bicyclic) bond motifs is 2. The third-order valence-electron chi connectivity index (χ3n) is 4.79. The number of para-hydroxylation sites is 1. The van der Waals surface area contributed by atoms with Crippen LogP contribution >= 0.6 is 11.6 Å². The summed E-state index contributed by atoms with van der Waals surface area (Å²) in [6, 6.07) is 13.1. The van der Waals surface area contributed by atoms with Crippen LogP contribution in [-0.2, 0) is 27.2 Å². The number of halogens is 1. The van der Waals surface area contributed by atoms with Crippen LogP contribution in [0, 0.1) is 5.92 Å². The average Bonchev–Trinajstić information content (AvgIpc) is 3.09. The van der Waals surface area contributed by atoms with Gasteiger partial charge in [-0.05, 0) is 48.2 Å². The predicted octanol–water partition coefficient (Wildman–Crippen LogP) is 3.02. The second-order valence-corrected chi connectivity index (χ2v) is 6.93. The van der Waals surface area contributed by atoms with E-state index in [9.17, 15) is 9.59 Å². The Hall–Kier alpha value is -2.53. The Kier molecular flexibility index (Phi) is 4.55. The molecule has 6 heteroatoms. The number of anilines is 1. The molecule has 1 amide bonds. The van der Waals surface area contributed by atoms with Crippen LogP contribution in [0.2, 0.25) is 5.02 Å². The Morgan fingerprint density at radius 1 is 1.19 bits per heavy atom. The molecule has 0 unspecified atom stereocenters. The summed E-state index contributed by atoms with van der Waals surface area (Å²) in [5.74, 6) is -0.317. The summed E-state index contributed by atoms with van der Waals surface area (Å²) >= 11 is 6.00. The molecule has 0 aliphatic carbocycles. The summed E-state index contributed by atoms with van der Waals surface area (Å²) in [6.45, 7) is 0.606. The first-order chi connectivity index (χ1) is 12.6. The van der Waals surface area contributed by atoms with Crippen molar-refractivity contribution in [1.29, 1.82) is 0 Å². The number of hydrogen-bond donors (Lipinski definition) is 0. The molecule has 2 aliphatic rings. The molecule has 2 aromatic rings. The standard InChI is InChI=1S/C20H18ClNO4/c21-16-5-6-18-14(10-16)9-15(11-25-18)20(24)26-12-19(23)22-8-7-13-3-1-2-4-17(13)22/h1-6,10,15H,7-9,11-12H2/t15-/m0/s1. The molecule has 0 N–H and O–H groups in total. The van der Waals surface area contributed by atoms with Crippen molar-refractivity contribution < 1.29 is 19.1 Å². The lowest BCUT2D eigenvalue weighted by molar-refractivity contribution is -0.153. The zero-order valence-electron chi connectivity index (χ0n) is 14.1. The minimum atomic E-state index is -0.431. The van der Waals surface area contributed by atoms with Crippen LogP contribution in [0.4, 0.5) is 5.69 Å². The van der Waals surface area contributed by atoms with Gasteiger partial charge in [-0.2, -0.15) is 0 Å². The average molecular weight is 372 g/mol. The number of carbonyl (C=O) groups excluding carboxylic acids is 2. The maximum atomic E-state index is 12.4. The van der Waals surface area contributed by atoms with Gasteiger partial charge in [0.05, 0.1) is 5.92 Å². The number of carbonyl (C=O) groups is 2. The molecule has 0 saturated heterocycles. The summed E-state index contributed by atoms with van der Waals surface area (Å²) in [6.07, 6.45) is 1.32. The first-order valence-electron chi connectivity index (χ1n) is 8.58. The third kappa shape index (κ3) is 3.27. The van der Waals surface area contributed by atoms with Gasteiger partial charge < -0.3 is 14.4 Å². The van der Waals surface area contributed by atoms with Crippen LogP contribution < -0.4 is 9.64 Å². The number of nitrogens with zero attached hydrogens (tertiary/aromatic N) is 1. The zero-order valence-corrected chi connectivity index (χ0v) is 14.9. The van der Waals surface area contributed by atoms with E-state index in [2.05, 4.69) is 0 Å². The first kappa shape index (κ1) is 16.9. The van der Waals surface area contributed by atoms with Gasteiger partial charge in [0.2, 0.25) is 0 Å². The highest BCUT2D eigenvalue weighted by atomic mass is 35.5. The van der Waals surface area contributed by atoms with E-state index in [1.54, 1.807) is 23.1 Å². The van der Waals surface area contributed by atoms with Gasteiger partial charge in [-0.15, -0.1) is 0 Å². The van der Waals surface area contributed by atoms with Crippen LogP contribution in [-0.4, -0.2) is 31.6 Å². The minimum absolute atomic E-state index is 0.205. The Morgan fingerprint density at radius 3 is 2.92 bits per heavy atom. The van der Waals surface area contributed by atoms with Crippen molar-refractivity contribution in [3.8, 4) is 5.75 Å². The molecule has 26 heavy (non-hydrogen) atoms. The van der Waals surface area contributed by atoms with Gasteiger partial charge >= 0.3 is 5.97 Å². The normalized spacial score (nSPS) is 17.9. The van der Waals surface area contributed by atoms with E-state index in [-0.39, 0.29) is 19.1 Å². The molecule has 2 aliphatic heterocycles. The van der Waals surface area contributed by atoms with Crippen molar-refractivity contribution >= 4 is 29.2 Å². The van der Waals surface area contributed by atoms with Gasteiger partial charge in [0.15, 0.2) is 6.61 Å². The van der Waals surface area contributed by atoms with Gasteiger partial charge in [-0.1, -0.05) is 29.8 Å². The van der Waals surface area contributed by atoms with E-state index in [0.29, 0.717) is 18.0 Å². The van der Waals surface area contributed by atoms with Crippen molar-refractivity contribution in [3.63, 3.8) is 0 Å². The molecule has 0 spiro atoms. The second-order valence-electron chi connectivity index (χ2n) is 6.50. The van der Waals surface area contributed by atoms with Crippen molar-refractivity contribution in [2.45, 2.75) is 12.8 Å². The van der Waals surface area contributed by atoms with Crippen LogP contribution in [0.25, 0.3) is 0 Å². The smallest absolute Gasteiger partial charge is 0.313 e. The summed E-state index contributed by atoms with van der Waals surface area (Å²) in [7, 11) is 0. The fraction of sp³-hybridized carbons (Fsp3) is 0.300. The number of hydrogen-bond acceptors (Lipinski definition) is 4. The Balaban J connectivity index is 1.35. The predicted molar refractivity (Wildman–Crippen MR) is 97.6 cm³/mol. The molecule has 0 radical (unpaired) electrons. The van der Waals surface area contributed by atoms with Crippen molar-refractivity contribution in [2.24, 2.45) is 5.92 Å². The van der Waals surface area contributed by atoms with Crippen LogP contribution in [0.1, 0.15) is 11.1 Å². The van der Waals surface area contributed by atoms with E-state index in [0.717, 1.165) is 29.0 Å². The van der Waals surface area contributed by atoms with Crippen molar-refractivity contribution in [2.75, 3.05) is 24.7 Å². The second kappa shape index (κ2) is 7.00. The van der Waals surface area contributed by atoms with Gasteiger partial charge in [0.25, 0.3) is 5.91 Å². The summed E-state index contributed by atoms with van der Waals surface area (Å²) < 4.78 is 10.9. The fourth-order valence-electron chi connectivity index (χ4n) is 3.44. The first-order valence-corrected chi connectivity index (χ1v) is 8.96. The Labute approximate surface area is 156 Å². The van der Waals surface area contributed by atoms with E-state index in [4.69, 9.17) is 21.1 Å². The van der Waals surface area contributed by atoms with Crippen LogP contribution in [0.5, 0.6) is 5.75 Å². The largest absolute Gasteiger partial charge is 0.492 e. The number of benzene rings is 2. The molecule has 4 rings (SSSR count). The van der Waals surface area contributed by atoms with E-state index in [1.165, 1.54) is 0 Å². The van der Waals surface area contributed by atoms with Crippen molar-refractivity contribution in [1.82, 2.24) is 0 Å². The Bertz CT molecular complexity index is 867. The lowest BCUT2D eigenvalue weighted by Crippen LogP contribution is -2.36. The topological polar surface area (TPSA) is 55.8 Å². The summed E-state index contributed by atoms with van der Waals surface area (Å²) in [5, 5.41) is 0.601. The summed E-state index contributed by atoms with van der Waals surface area (Å²) in [4.78, 5) is 26.5. The third-order valence-corrected chi connectivity index (χ3v) is 5.02. The SMILES string of the molecule is O=C(OCC(=O)N1CCc2ccccc21)[C@@H]1COc2ccc(Cl)cc2C1. The van der Waals surface area contributed by atoms with E-state index >= 15 is 0 Å². The van der Waals surface area contributed by atoms with Crippen LogP contribution in [0.15, 0.2) is 42.5 Å². The molecule has 0 fully saturated rings. The number of esters is 1. The molecular formula is C20H18ClNO4. The molecule has 2 heterocycles. The maximum absolute atomic E-state index is 12.4. The van der Waals surface area contributed by atoms with Gasteiger partial charge in [0, 0.05) is 17.3 Å². The molecule has 0 bridgehead atoms. The van der Waals surface area contributed by atoms with Crippen LogP contribution in [0.3, 0.4) is 0 Å². The minimum Gasteiger partial charge on any atom is -0.492 e. The monoisotopic (exact) mass is 371 g/mol. The molecule has 134 valence electrons. The quantitative estimate of drug-likeness (QED) is 0.778. The van der Waals surface area contributed by atoms with Gasteiger partial charge in [-0.3, -0.25) is 9.59 Å². The Morgan fingerprint density at radius 2 is 2.04 bits per heavy atom. The molecular weight excluding hydrogens is 354 g/mol. The molecule has 5 nitrogen and oxygen atoms in total. The lowest BCUT2D eigenvalue weighted by atomic mass is 9.97. The van der Waals surface area contributed by atoms with E-state index < -0.39 is 11.9 Å². The zero-order chi connectivity index (χ0) is 18.1. The molecule has 0 saturated carbocycles. The molecule has 1 atom stereocenters. The lowest BCUT2D eigenvalue weighted by Gasteiger charge is -2.24. The molecule has 0 aromatic heterocycles. The fourth-order valence-corrected chi connectivity index (χ4v) is 3.64. The highest BCUT2D eigenvalue weighted by Gasteiger charge is 2.29. The maximum Gasteiger partial charge on any atom is 0.313 e. The highest BCUT2D eigenvalue weighted by molar-refractivity contribution is 6.30. The number of rotatable bonds is 3. The van der Waals surface area contributed by atoms with Gasteiger partial charge in [-0.25, -0.2) is 0 Å². The highest BCUT2D eigenvalue weighted by Crippen LogP contribution is 2.30. The number of amides is 1. The molecule has 2 aromatic carbocycles. The summed E-state index contributed by atoms with van der Waals surface area (Å²) in [5.41, 5.74) is 2.92. The number of ether oxygens (including phenoxy) is 2. The van der Waals surface area contributed by atoms with Gasteiger partial charge in [0.1, 0.15) is 12.4 Å². The van der Waals surface area contributed by atoms with Crippen molar-refractivity contribution in [3.05, 3.63) is 58.6 Å². The van der Waals surface area contributed by atoms with E-state index in [1.807, 2.05) is 24.3 Å².